The minimum Gasteiger partial charge on any atom is -0.488 e. The van der Waals surface area contributed by atoms with Gasteiger partial charge in [-0.3, -0.25) is 4.79 Å². The number of Topliss-reactive ketones (excluding diaryl/α,β-unsaturated/α-hetero) is 1. The van der Waals surface area contributed by atoms with Crippen LogP contribution in [0, 0.1) is 0 Å². The first-order valence-electron chi connectivity index (χ1n) is 7.51. The number of ketones is 1. The monoisotopic (exact) mass is 320 g/mol. The molecular formula is C20H16O4. The molecule has 0 aliphatic heterocycles. The lowest BCUT2D eigenvalue weighted by atomic mass is 10.1. The third-order valence-electron chi connectivity index (χ3n) is 3.71. The number of hydrogen-bond acceptors (Lipinski definition) is 4. The Morgan fingerprint density at radius 3 is 2.38 bits per heavy atom. The van der Waals surface area contributed by atoms with Crippen molar-refractivity contribution >= 4 is 22.5 Å². The Bertz CT molecular complexity index is 899. The summed E-state index contributed by atoms with van der Waals surface area (Å²) >= 11 is 0. The summed E-state index contributed by atoms with van der Waals surface area (Å²) in [6.07, 6.45) is 0. The smallest absolute Gasteiger partial charge is 0.379 e. The first-order chi connectivity index (χ1) is 11.7. The summed E-state index contributed by atoms with van der Waals surface area (Å²) in [5, 5.41) is 2.28. The minimum absolute atomic E-state index is 0.199. The van der Waals surface area contributed by atoms with Crippen LogP contribution in [0.3, 0.4) is 0 Å². The Morgan fingerprint density at radius 1 is 0.875 bits per heavy atom. The molecular weight excluding hydrogens is 304 g/mol. The van der Waals surface area contributed by atoms with Gasteiger partial charge in [0.15, 0.2) is 0 Å². The van der Waals surface area contributed by atoms with Crippen LogP contribution in [0.2, 0.25) is 0 Å². The molecule has 0 radical (unpaired) electrons. The quantitative estimate of drug-likeness (QED) is 0.408. The molecule has 0 spiro atoms. The van der Waals surface area contributed by atoms with E-state index in [0.717, 1.165) is 16.3 Å². The summed E-state index contributed by atoms with van der Waals surface area (Å²) in [7, 11) is 1.18. The number of carbonyl (C=O) groups is 2. The van der Waals surface area contributed by atoms with Crippen molar-refractivity contribution in [3.8, 4) is 5.75 Å². The minimum atomic E-state index is -0.906. The molecule has 0 unspecified atom stereocenters. The maximum Gasteiger partial charge on any atom is 0.379 e. The Kier molecular flexibility index (Phi) is 4.57. The number of esters is 1. The van der Waals surface area contributed by atoms with E-state index in [0.29, 0.717) is 12.4 Å². The van der Waals surface area contributed by atoms with Crippen LogP contribution < -0.4 is 4.74 Å². The Labute approximate surface area is 139 Å². The lowest BCUT2D eigenvalue weighted by Crippen LogP contribution is -2.16. The van der Waals surface area contributed by atoms with Crippen LogP contribution >= 0.6 is 0 Å². The van der Waals surface area contributed by atoms with Gasteiger partial charge in [-0.15, -0.1) is 0 Å². The number of carbonyl (C=O) groups excluding carboxylic acids is 2. The van der Waals surface area contributed by atoms with Crippen molar-refractivity contribution in [3.05, 3.63) is 77.9 Å². The van der Waals surface area contributed by atoms with E-state index in [4.69, 9.17) is 4.74 Å². The number of ether oxygens (including phenoxy) is 2. The van der Waals surface area contributed by atoms with E-state index < -0.39 is 11.8 Å². The van der Waals surface area contributed by atoms with Crippen molar-refractivity contribution in [3.63, 3.8) is 0 Å². The molecule has 3 rings (SSSR count). The van der Waals surface area contributed by atoms with Crippen molar-refractivity contribution in [2.75, 3.05) is 7.11 Å². The normalized spacial score (nSPS) is 10.4. The molecule has 4 heteroatoms. The van der Waals surface area contributed by atoms with Crippen LogP contribution in [0.15, 0.2) is 66.7 Å². The summed E-state index contributed by atoms with van der Waals surface area (Å²) < 4.78 is 10.2. The molecule has 24 heavy (non-hydrogen) atoms. The van der Waals surface area contributed by atoms with Gasteiger partial charge in [0.25, 0.3) is 5.78 Å². The average molecular weight is 320 g/mol. The maximum atomic E-state index is 12.0. The zero-order valence-corrected chi connectivity index (χ0v) is 13.2. The zero-order chi connectivity index (χ0) is 16.9. The van der Waals surface area contributed by atoms with Crippen LogP contribution in [0.5, 0.6) is 5.75 Å². The first-order valence-corrected chi connectivity index (χ1v) is 7.51. The lowest BCUT2D eigenvalue weighted by Gasteiger charge is -2.10. The topological polar surface area (TPSA) is 52.6 Å². The van der Waals surface area contributed by atoms with Gasteiger partial charge in [0.2, 0.25) is 0 Å². The highest BCUT2D eigenvalue weighted by atomic mass is 16.5. The summed E-state index contributed by atoms with van der Waals surface area (Å²) in [5.41, 5.74) is 1.18. The van der Waals surface area contributed by atoms with Crippen molar-refractivity contribution in [2.24, 2.45) is 0 Å². The summed E-state index contributed by atoms with van der Waals surface area (Å²) in [6, 6.07) is 20.8. The molecule has 0 heterocycles. The van der Waals surface area contributed by atoms with Gasteiger partial charge < -0.3 is 9.47 Å². The van der Waals surface area contributed by atoms with Gasteiger partial charge in [-0.05, 0) is 34.5 Å². The molecule has 0 fully saturated rings. The van der Waals surface area contributed by atoms with Crippen molar-refractivity contribution < 1.29 is 19.1 Å². The van der Waals surface area contributed by atoms with Crippen LogP contribution in [-0.4, -0.2) is 18.9 Å². The van der Waals surface area contributed by atoms with Crippen LogP contribution in [0.4, 0.5) is 0 Å². The first kappa shape index (κ1) is 15.7. The van der Waals surface area contributed by atoms with Gasteiger partial charge >= 0.3 is 5.97 Å². The molecule has 0 amide bonds. The van der Waals surface area contributed by atoms with Gasteiger partial charge in [-0.1, -0.05) is 48.5 Å². The Hall–Kier alpha value is -3.14. The number of fused-ring (bicyclic) bond motifs is 1. The summed E-state index contributed by atoms with van der Waals surface area (Å²) in [6.45, 7) is 0.302. The lowest BCUT2D eigenvalue weighted by molar-refractivity contribution is -0.135. The molecule has 0 N–H and O–H groups in total. The van der Waals surface area contributed by atoms with Gasteiger partial charge in [0, 0.05) is 0 Å². The predicted octanol–water partition coefficient (Wildman–Crippen LogP) is 3.77. The maximum absolute atomic E-state index is 12.0. The number of para-hydroxylation sites is 1. The Morgan fingerprint density at radius 2 is 1.58 bits per heavy atom. The predicted molar refractivity (Wildman–Crippen MR) is 91.1 cm³/mol. The third kappa shape index (κ3) is 3.27. The molecule has 3 aromatic carbocycles. The molecule has 0 atom stereocenters. The number of hydrogen-bond donors (Lipinski definition) is 0. The standard InChI is InChI=1S/C20H16O4/c1-23-20(22)19(21)17-8-4-5-9-18(17)24-13-14-10-11-15-6-2-3-7-16(15)12-14/h2-12H,13H2,1H3. The largest absolute Gasteiger partial charge is 0.488 e. The molecule has 4 nitrogen and oxygen atoms in total. The number of methoxy groups -OCH3 is 1. The van der Waals surface area contributed by atoms with E-state index in [1.165, 1.54) is 7.11 Å². The van der Waals surface area contributed by atoms with Crippen LogP contribution in [0.25, 0.3) is 10.8 Å². The highest BCUT2D eigenvalue weighted by Gasteiger charge is 2.20. The molecule has 0 saturated carbocycles. The molecule has 0 aliphatic rings. The SMILES string of the molecule is COC(=O)C(=O)c1ccccc1OCc1ccc2ccccc2c1. The average Bonchev–Trinajstić information content (AvgIpc) is 2.65. The van der Waals surface area contributed by atoms with E-state index in [1.54, 1.807) is 24.3 Å². The van der Waals surface area contributed by atoms with Crippen LogP contribution in [-0.2, 0) is 16.1 Å². The number of benzene rings is 3. The molecule has 0 bridgehead atoms. The van der Waals surface area contributed by atoms with E-state index in [1.807, 2.05) is 42.5 Å². The fourth-order valence-electron chi connectivity index (χ4n) is 2.47. The van der Waals surface area contributed by atoms with Crippen LogP contribution in [0.1, 0.15) is 15.9 Å². The number of rotatable bonds is 5. The van der Waals surface area contributed by atoms with E-state index in [9.17, 15) is 9.59 Å². The zero-order valence-electron chi connectivity index (χ0n) is 13.2. The molecule has 0 saturated heterocycles. The third-order valence-corrected chi connectivity index (χ3v) is 3.71. The second kappa shape index (κ2) is 6.96. The summed E-state index contributed by atoms with van der Waals surface area (Å²) in [5.74, 6) is -1.26. The van der Waals surface area contributed by atoms with E-state index in [2.05, 4.69) is 4.74 Å². The molecule has 0 aromatic heterocycles. The van der Waals surface area contributed by atoms with E-state index in [-0.39, 0.29) is 5.56 Å². The highest BCUT2D eigenvalue weighted by Crippen LogP contribution is 2.22. The fourth-order valence-corrected chi connectivity index (χ4v) is 2.47. The van der Waals surface area contributed by atoms with Crippen molar-refractivity contribution in [1.29, 1.82) is 0 Å². The van der Waals surface area contributed by atoms with Gasteiger partial charge in [0.05, 0.1) is 12.7 Å². The molecule has 0 aliphatic carbocycles. The van der Waals surface area contributed by atoms with E-state index >= 15 is 0 Å². The fraction of sp³-hybridized carbons (Fsp3) is 0.100. The van der Waals surface area contributed by atoms with Crippen molar-refractivity contribution in [2.45, 2.75) is 6.61 Å². The van der Waals surface area contributed by atoms with Gasteiger partial charge in [-0.25, -0.2) is 4.79 Å². The highest BCUT2D eigenvalue weighted by molar-refractivity contribution is 6.41. The Balaban J connectivity index is 1.81. The van der Waals surface area contributed by atoms with Gasteiger partial charge in [0.1, 0.15) is 12.4 Å². The molecule has 3 aromatic rings. The van der Waals surface area contributed by atoms with Gasteiger partial charge in [-0.2, -0.15) is 0 Å². The second-order valence-corrected chi connectivity index (χ2v) is 5.29. The summed E-state index contributed by atoms with van der Waals surface area (Å²) in [4.78, 5) is 23.5. The molecule has 120 valence electrons. The second-order valence-electron chi connectivity index (χ2n) is 5.29. The van der Waals surface area contributed by atoms with Crippen molar-refractivity contribution in [1.82, 2.24) is 0 Å².